The van der Waals surface area contributed by atoms with Gasteiger partial charge in [0.2, 0.25) is 0 Å². The Morgan fingerprint density at radius 3 is 2.73 bits per heavy atom. The van der Waals surface area contributed by atoms with Crippen LogP contribution in [0.1, 0.15) is 28.0 Å². The zero-order valence-electron chi connectivity index (χ0n) is 14.5. The normalized spacial score (nSPS) is 13.3. The molecular weight excluding hydrogens is 367 g/mol. The second-order valence-corrected chi connectivity index (χ2v) is 7.32. The number of carbonyl (C=O) groups is 1. The zero-order chi connectivity index (χ0) is 19.1. The highest BCUT2D eigenvalue weighted by atomic mass is 32.1. The van der Waals surface area contributed by atoms with Crippen molar-refractivity contribution in [2.24, 2.45) is 13.0 Å². The van der Waals surface area contributed by atoms with Crippen LogP contribution in [0.2, 0.25) is 0 Å². The zero-order valence-corrected chi connectivity index (χ0v) is 15.3. The Bertz CT molecular complexity index is 940. The topological polar surface area (TPSA) is 64.7 Å². The fourth-order valence-corrected chi connectivity index (χ4v) is 3.65. The van der Waals surface area contributed by atoms with E-state index in [9.17, 15) is 18.0 Å². The highest BCUT2D eigenvalue weighted by Crippen LogP contribution is 2.37. The number of fused-ring (bicyclic) bond motifs is 1. The third-order valence-corrected chi connectivity index (χ3v) is 5.09. The molecule has 3 rings (SSSR count). The molecule has 0 saturated carbocycles. The fraction of sp³-hybridized carbons (Fsp3) is 0.438. The van der Waals surface area contributed by atoms with Crippen molar-refractivity contribution in [2.45, 2.75) is 26.6 Å². The van der Waals surface area contributed by atoms with Crippen molar-refractivity contribution in [3.8, 4) is 0 Å². The maximum absolute atomic E-state index is 13.0. The van der Waals surface area contributed by atoms with Crippen LogP contribution in [0.25, 0.3) is 10.2 Å². The van der Waals surface area contributed by atoms with Gasteiger partial charge in [0.1, 0.15) is 4.83 Å². The van der Waals surface area contributed by atoms with E-state index in [0.29, 0.717) is 17.9 Å². The number of halogens is 3. The summed E-state index contributed by atoms with van der Waals surface area (Å²) < 4.78 is 42.0. The quantitative estimate of drug-likeness (QED) is 0.733. The lowest BCUT2D eigenvalue weighted by molar-refractivity contribution is -0.140. The van der Waals surface area contributed by atoms with E-state index in [0.717, 1.165) is 21.7 Å². The summed E-state index contributed by atoms with van der Waals surface area (Å²) in [6, 6.07) is 3.15. The summed E-state index contributed by atoms with van der Waals surface area (Å²) in [7, 11) is 1.43. The minimum Gasteiger partial charge on any atom is -0.351 e. The number of amides is 1. The molecule has 10 heteroatoms. The van der Waals surface area contributed by atoms with Crippen LogP contribution in [-0.4, -0.2) is 32.0 Å². The predicted octanol–water partition coefficient (Wildman–Crippen LogP) is 3.22. The molecule has 0 radical (unpaired) electrons. The Balaban J connectivity index is 1.68. The van der Waals surface area contributed by atoms with E-state index in [1.165, 1.54) is 13.1 Å². The van der Waals surface area contributed by atoms with Gasteiger partial charge in [-0.1, -0.05) is 6.92 Å². The van der Waals surface area contributed by atoms with Gasteiger partial charge < -0.3 is 5.32 Å². The lowest BCUT2D eigenvalue weighted by atomic mass is 10.2. The summed E-state index contributed by atoms with van der Waals surface area (Å²) in [4.78, 5) is 12.9. The Morgan fingerprint density at radius 2 is 2.12 bits per heavy atom. The third-order valence-electron chi connectivity index (χ3n) is 3.89. The van der Waals surface area contributed by atoms with E-state index in [1.807, 2.05) is 26.1 Å². The number of nitrogens with one attached hydrogen (secondary N) is 1. The number of hydrogen-bond acceptors (Lipinski definition) is 4. The van der Waals surface area contributed by atoms with E-state index >= 15 is 0 Å². The van der Waals surface area contributed by atoms with Crippen LogP contribution in [0.5, 0.6) is 0 Å². The van der Waals surface area contributed by atoms with Crippen LogP contribution >= 0.6 is 11.3 Å². The molecule has 3 aromatic heterocycles. The van der Waals surface area contributed by atoms with E-state index < -0.39 is 11.9 Å². The number of rotatable bonds is 5. The standard InChI is InChI=1S/C16H18F3N5OS/c1-9(8-24-5-4-10(2)21-24)7-20-14(25)12-6-11-13(16(17,18)19)22-23(3)15(11)26-12/h4-6,9H,7-8H2,1-3H3,(H,20,25). The van der Waals surface area contributed by atoms with Gasteiger partial charge >= 0.3 is 6.18 Å². The van der Waals surface area contributed by atoms with Gasteiger partial charge in [0.15, 0.2) is 5.69 Å². The number of carbonyl (C=O) groups excluding carboxylic acids is 1. The molecule has 0 aliphatic heterocycles. The molecule has 0 bridgehead atoms. The second-order valence-electron chi connectivity index (χ2n) is 6.29. The van der Waals surface area contributed by atoms with Gasteiger partial charge in [-0.3, -0.25) is 14.2 Å². The molecule has 6 nitrogen and oxygen atoms in total. The van der Waals surface area contributed by atoms with Gasteiger partial charge in [-0.05, 0) is 25.0 Å². The number of aromatic nitrogens is 4. The van der Waals surface area contributed by atoms with Crippen LogP contribution < -0.4 is 5.32 Å². The van der Waals surface area contributed by atoms with Crippen LogP contribution in [0.3, 0.4) is 0 Å². The van der Waals surface area contributed by atoms with E-state index in [-0.39, 0.29) is 22.1 Å². The molecule has 0 aromatic carbocycles. The Labute approximate surface area is 151 Å². The Hall–Kier alpha value is -2.36. The average molecular weight is 385 g/mol. The molecule has 0 aliphatic rings. The average Bonchev–Trinajstić information content (AvgIpc) is 3.21. The summed E-state index contributed by atoms with van der Waals surface area (Å²) in [6.45, 7) is 4.90. The van der Waals surface area contributed by atoms with Crippen LogP contribution in [0, 0.1) is 12.8 Å². The van der Waals surface area contributed by atoms with Gasteiger partial charge in [-0.25, -0.2) is 0 Å². The Morgan fingerprint density at radius 1 is 1.38 bits per heavy atom. The molecule has 1 N–H and O–H groups in total. The smallest absolute Gasteiger partial charge is 0.351 e. The molecule has 0 saturated heterocycles. The summed E-state index contributed by atoms with van der Waals surface area (Å²) >= 11 is 0.999. The first-order valence-corrected chi connectivity index (χ1v) is 8.79. The molecular formula is C16H18F3N5OS. The van der Waals surface area contributed by atoms with Gasteiger partial charge in [-0.15, -0.1) is 11.3 Å². The summed E-state index contributed by atoms with van der Waals surface area (Å²) in [5, 5.41) is 10.5. The first kappa shape index (κ1) is 18.4. The van der Waals surface area contributed by atoms with Gasteiger partial charge in [0.05, 0.1) is 10.6 Å². The minimum absolute atomic E-state index is 0.0461. The van der Waals surface area contributed by atoms with Crippen LogP contribution in [0.15, 0.2) is 18.3 Å². The fourth-order valence-electron chi connectivity index (χ4n) is 2.66. The van der Waals surface area contributed by atoms with Crippen LogP contribution in [-0.2, 0) is 19.8 Å². The van der Waals surface area contributed by atoms with Crippen molar-refractivity contribution in [1.82, 2.24) is 24.9 Å². The maximum atomic E-state index is 13.0. The summed E-state index contributed by atoms with van der Waals surface area (Å²) in [6.07, 6.45) is -2.68. The van der Waals surface area contributed by atoms with E-state index in [2.05, 4.69) is 15.5 Å². The van der Waals surface area contributed by atoms with Gasteiger partial charge in [0.25, 0.3) is 5.91 Å². The van der Waals surface area contributed by atoms with Crippen molar-refractivity contribution >= 4 is 27.5 Å². The van der Waals surface area contributed by atoms with Crippen molar-refractivity contribution in [2.75, 3.05) is 6.54 Å². The largest absolute Gasteiger partial charge is 0.435 e. The Kier molecular flexibility index (Phi) is 4.78. The number of alkyl halides is 3. The number of nitrogens with zero attached hydrogens (tertiary/aromatic N) is 4. The molecule has 3 aromatic rings. The SMILES string of the molecule is Cc1ccn(CC(C)CNC(=O)c2cc3c(C(F)(F)F)nn(C)c3s2)n1. The summed E-state index contributed by atoms with van der Waals surface area (Å²) in [5.74, 6) is -0.261. The monoisotopic (exact) mass is 385 g/mol. The lowest BCUT2D eigenvalue weighted by Gasteiger charge is -2.12. The number of hydrogen-bond donors (Lipinski definition) is 1. The lowest BCUT2D eigenvalue weighted by Crippen LogP contribution is -2.29. The first-order valence-electron chi connectivity index (χ1n) is 7.97. The maximum Gasteiger partial charge on any atom is 0.435 e. The summed E-state index contributed by atoms with van der Waals surface area (Å²) in [5.41, 5.74) is -0.0479. The van der Waals surface area contributed by atoms with E-state index in [1.54, 1.807) is 4.68 Å². The highest BCUT2D eigenvalue weighted by molar-refractivity contribution is 7.20. The molecule has 1 unspecified atom stereocenters. The number of thiophene rings is 1. The predicted molar refractivity (Wildman–Crippen MR) is 92.1 cm³/mol. The van der Waals surface area contributed by atoms with Crippen LogP contribution in [0.4, 0.5) is 13.2 Å². The molecule has 0 fully saturated rings. The molecule has 1 amide bonds. The molecule has 3 heterocycles. The van der Waals surface area contributed by atoms with Crippen molar-refractivity contribution in [3.05, 3.63) is 34.6 Å². The highest BCUT2D eigenvalue weighted by Gasteiger charge is 2.37. The second kappa shape index (κ2) is 6.75. The molecule has 0 spiro atoms. The first-order chi connectivity index (χ1) is 12.1. The van der Waals surface area contributed by atoms with Gasteiger partial charge in [-0.2, -0.15) is 23.4 Å². The molecule has 1 atom stereocenters. The molecule has 0 aliphatic carbocycles. The van der Waals surface area contributed by atoms with Crippen molar-refractivity contribution < 1.29 is 18.0 Å². The minimum atomic E-state index is -4.55. The number of aryl methyl sites for hydroxylation is 2. The third kappa shape index (κ3) is 3.74. The molecule has 140 valence electrons. The molecule has 26 heavy (non-hydrogen) atoms. The van der Waals surface area contributed by atoms with Crippen molar-refractivity contribution in [3.63, 3.8) is 0 Å². The van der Waals surface area contributed by atoms with Gasteiger partial charge in [0, 0.05) is 31.7 Å². The van der Waals surface area contributed by atoms with Crippen molar-refractivity contribution in [1.29, 1.82) is 0 Å². The van der Waals surface area contributed by atoms with E-state index in [4.69, 9.17) is 0 Å².